The van der Waals surface area contributed by atoms with Crippen LogP contribution in [0.3, 0.4) is 0 Å². The second-order valence-corrected chi connectivity index (χ2v) is 13.6. The van der Waals surface area contributed by atoms with Crippen LogP contribution in [-0.4, -0.2) is 74.1 Å². The molecule has 36 heavy (non-hydrogen) atoms. The molecule has 1 saturated carbocycles. The molecular formula is C23H28F3N4O4S2+. The molecule has 2 aliphatic heterocycles. The van der Waals surface area contributed by atoms with Gasteiger partial charge >= 0.3 is 10.2 Å². The Bertz CT molecular complexity index is 1340. The number of hydrogen-bond donors (Lipinski definition) is 1. The molecule has 1 N–H and O–H groups in total. The highest BCUT2D eigenvalue weighted by Gasteiger charge is 2.59. The third-order valence-corrected chi connectivity index (χ3v) is 10.2. The molecule has 2 aromatic rings. The van der Waals surface area contributed by atoms with Crippen molar-refractivity contribution in [1.82, 2.24) is 9.21 Å². The molecule has 0 spiro atoms. The Labute approximate surface area is 209 Å². The molecule has 0 aromatic heterocycles. The van der Waals surface area contributed by atoms with Gasteiger partial charge in [-0.2, -0.15) is 13.0 Å². The summed E-state index contributed by atoms with van der Waals surface area (Å²) in [4.78, 5) is 2.12. The summed E-state index contributed by atoms with van der Waals surface area (Å²) in [5.41, 5.74) is 2.24. The van der Waals surface area contributed by atoms with Gasteiger partial charge in [0.05, 0.1) is 24.5 Å². The van der Waals surface area contributed by atoms with E-state index in [4.69, 9.17) is 0 Å². The van der Waals surface area contributed by atoms with E-state index in [1.807, 2.05) is 0 Å². The fraction of sp³-hybridized carbons (Fsp3) is 0.478. The molecule has 1 aliphatic carbocycles. The largest absolute Gasteiger partial charge is 0.326 e. The van der Waals surface area contributed by atoms with E-state index in [1.165, 1.54) is 25.4 Å². The summed E-state index contributed by atoms with van der Waals surface area (Å²) >= 11 is 0. The van der Waals surface area contributed by atoms with Crippen molar-refractivity contribution in [3.8, 4) is 11.1 Å². The minimum atomic E-state index is -3.99. The van der Waals surface area contributed by atoms with Crippen LogP contribution in [0.25, 0.3) is 11.1 Å². The summed E-state index contributed by atoms with van der Waals surface area (Å²) in [6.45, 7) is 2.32. The SMILES string of the molecule is CN1c2cc(-c3cc(CN4CCN([S+](C)(=O)O)CC4)ccc3F)ccc2N(CC2CC2(F)F)S1(=O)=O. The maximum absolute atomic E-state index is 14.9. The molecule has 3 aliphatic rings. The van der Waals surface area contributed by atoms with E-state index in [0.29, 0.717) is 55.2 Å². The Morgan fingerprint density at radius 3 is 2.36 bits per heavy atom. The van der Waals surface area contributed by atoms with Crippen LogP contribution in [0.5, 0.6) is 0 Å². The van der Waals surface area contributed by atoms with Gasteiger partial charge in [0.15, 0.2) is 6.26 Å². The standard InChI is InChI=1S/C23H27F3N4O4S2/c1-27-22-12-17(4-6-21(22)30(36(27,33)34)15-18-13-23(18,25)26)19-11-16(3-5-20(19)24)14-28-7-9-29(10-8-28)35(2,31)32/h3-6,11-12,18H,7-10,13-15H2,1-2H3/p+1. The molecular weight excluding hydrogens is 517 g/mol. The third kappa shape index (κ3) is 4.62. The first-order valence-corrected chi connectivity index (χ1v) is 14.8. The van der Waals surface area contributed by atoms with E-state index in [2.05, 4.69) is 4.90 Å². The number of halogens is 3. The van der Waals surface area contributed by atoms with Crippen LogP contribution in [0.1, 0.15) is 12.0 Å². The van der Waals surface area contributed by atoms with Gasteiger partial charge in [-0.05, 0) is 39.6 Å². The van der Waals surface area contributed by atoms with Crippen molar-refractivity contribution in [2.75, 3.05) is 54.6 Å². The number of fused-ring (bicyclic) bond motifs is 1. The number of anilines is 2. The van der Waals surface area contributed by atoms with Crippen molar-refractivity contribution in [2.24, 2.45) is 5.92 Å². The molecule has 196 valence electrons. The maximum Gasteiger partial charge on any atom is 0.326 e. The Kier molecular flexibility index (Phi) is 6.15. The smallest absolute Gasteiger partial charge is 0.296 e. The van der Waals surface area contributed by atoms with Gasteiger partial charge in [-0.15, -0.1) is 0 Å². The zero-order chi connectivity index (χ0) is 26.0. The van der Waals surface area contributed by atoms with Crippen LogP contribution in [0, 0.1) is 11.7 Å². The first kappa shape index (κ1) is 25.5. The third-order valence-electron chi connectivity index (χ3n) is 7.11. The molecule has 13 heteroatoms. The Morgan fingerprint density at radius 2 is 1.75 bits per heavy atom. The van der Waals surface area contributed by atoms with Crippen molar-refractivity contribution in [1.29, 1.82) is 0 Å². The van der Waals surface area contributed by atoms with Gasteiger partial charge in [0.25, 0.3) is 16.3 Å². The number of nitrogens with zero attached hydrogens (tertiary/aromatic N) is 4. The van der Waals surface area contributed by atoms with Gasteiger partial charge in [0.2, 0.25) is 0 Å². The van der Waals surface area contributed by atoms with E-state index >= 15 is 0 Å². The van der Waals surface area contributed by atoms with Gasteiger partial charge in [-0.25, -0.2) is 13.2 Å². The summed E-state index contributed by atoms with van der Waals surface area (Å²) in [5.74, 6) is -4.32. The van der Waals surface area contributed by atoms with Crippen molar-refractivity contribution in [2.45, 2.75) is 18.9 Å². The Morgan fingerprint density at radius 1 is 1.08 bits per heavy atom. The topological polar surface area (TPSA) is 84.4 Å². The first-order chi connectivity index (χ1) is 16.8. The molecule has 8 nitrogen and oxygen atoms in total. The van der Waals surface area contributed by atoms with E-state index in [-0.39, 0.29) is 13.0 Å². The normalized spacial score (nSPS) is 25.0. The highest BCUT2D eigenvalue weighted by atomic mass is 32.3. The lowest BCUT2D eigenvalue weighted by molar-refractivity contribution is 0.101. The monoisotopic (exact) mass is 545 g/mol. The second-order valence-electron chi connectivity index (χ2n) is 9.65. The fourth-order valence-corrected chi connectivity index (χ4v) is 7.09. The molecule has 2 unspecified atom stereocenters. The highest BCUT2D eigenvalue weighted by Crippen LogP contribution is 2.51. The van der Waals surface area contributed by atoms with Crippen molar-refractivity contribution in [3.05, 3.63) is 47.8 Å². The van der Waals surface area contributed by atoms with Crippen LogP contribution < -0.4 is 8.61 Å². The summed E-state index contributed by atoms with van der Waals surface area (Å²) in [5, 5.41) is 0. The van der Waals surface area contributed by atoms with Crippen LogP contribution in [0.15, 0.2) is 36.4 Å². The molecule has 2 aromatic carbocycles. The summed E-state index contributed by atoms with van der Waals surface area (Å²) < 4.78 is 92.7. The van der Waals surface area contributed by atoms with Crippen molar-refractivity contribution in [3.63, 3.8) is 0 Å². The van der Waals surface area contributed by atoms with Gasteiger partial charge in [-0.1, -0.05) is 16.4 Å². The van der Waals surface area contributed by atoms with Gasteiger partial charge in [-0.3, -0.25) is 13.5 Å². The maximum atomic E-state index is 14.9. The molecule has 2 fully saturated rings. The minimum Gasteiger partial charge on any atom is -0.296 e. The van der Waals surface area contributed by atoms with E-state index in [1.54, 1.807) is 28.6 Å². The fourth-order valence-electron chi connectivity index (χ4n) is 4.79. The minimum absolute atomic E-state index is 0.299. The average molecular weight is 546 g/mol. The van der Waals surface area contributed by atoms with Gasteiger partial charge in [0.1, 0.15) is 5.82 Å². The molecule has 2 heterocycles. The van der Waals surface area contributed by atoms with Crippen LogP contribution in [0.4, 0.5) is 24.5 Å². The van der Waals surface area contributed by atoms with Gasteiger partial charge < -0.3 is 0 Å². The molecule has 0 amide bonds. The summed E-state index contributed by atoms with van der Waals surface area (Å²) in [6, 6.07) is 9.47. The predicted molar refractivity (Wildman–Crippen MR) is 133 cm³/mol. The van der Waals surface area contributed by atoms with Gasteiger partial charge in [0, 0.05) is 51.1 Å². The molecule has 1 saturated heterocycles. The van der Waals surface area contributed by atoms with E-state index < -0.39 is 38.3 Å². The Balaban J connectivity index is 1.37. The lowest BCUT2D eigenvalue weighted by Gasteiger charge is -2.31. The number of hydrogen-bond acceptors (Lipinski definition) is 4. The van der Waals surface area contributed by atoms with E-state index in [9.17, 15) is 30.4 Å². The lowest BCUT2D eigenvalue weighted by Crippen LogP contribution is -2.49. The second kappa shape index (κ2) is 8.69. The van der Waals surface area contributed by atoms with Crippen molar-refractivity contribution >= 4 is 32.0 Å². The van der Waals surface area contributed by atoms with Crippen LogP contribution >= 0.6 is 0 Å². The molecule has 2 atom stereocenters. The molecule has 0 radical (unpaired) electrons. The molecule has 5 rings (SSSR count). The Hall–Kier alpha value is -2.19. The summed E-state index contributed by atoms with van der Waals surface area (Å²) in [7, 11) is -5.62. The lowest BCUT2D eigenvalue weighted by atomic mass is 10.0. The first-order valence-electron chi connectivity index (χ1n) is 11.5. The number of benzene rings is 2. The average Bonchev–Trinajstić information content (AvgIpc) is 3.37. The zero-order valence-electron chi connectivity index (χ0n) is 19.9. The highest BCUT2D eigenvalue weighted by molar-refractivity contribution is 7.95. The predicted octanol–water partition coefficient (Wildman–Crippen LogP) is 3.28. The number of piperazine rings is 1. The quantitative estimate of drug-likeness (QED) is 0.564. The van der Waals surface area contributed by atoms with E-state index in [0.717, 1.165) is 14.2 Å². The van der Waals surface area contributed by atoms with Crippen LogP contribution in [-0.2, 0) is 31.4 Å². The van der Waals surface area contributed by atoms with Crippen molar-refractivity contribution < 1.29 is 30.4 Å². The zero-order valence-corrected chi connectivity index (χ0v) is 21.5. The molecule has 0 bridgehead atoms. The number of alkyl halides is 2. The summed E-state index contributed by atoms with van der Waals surface area (Å²) in [6.07, 6.45) is 0.967. The number of rotatable bonds is 6. The van der Waals surface area contributed by atoms with Crippen LogP contribution in [0.2, 0.25) is 0 Å².